The van der Waals surface area contributed by atoms with Gasteiger partial charge in [0.1, 0.15) is 24.4 Å². The highest BCUT2D eigenvalue weighted by Crippen LogP contribution is 2.50. The summed E-state index contributed by atoms with van der Waals surface area (Å²) in [5, 5.41) is 9.09. The first-order valence-corrected chi connectivity index (χ1v) is 12.9. The van der Waals surface area contributed by atoms with Crippen molar-refractivity contribution in [1.29, 1.82) is 0 Å². The van der Waals surface area contributed by atoms with Crippen LogP contribution < -0.4 is 9.47 Å². The Labute approximate surface area is 224 Å². The van der Waals surface area contributed by atoms with E-state index in [1.165, 1.54) is 0 Å². The van der Waals surface area contributed by atoms with E-state index in [-0.39, 0.29) is 12.5 Å². The third-order valence-corrected chi connectivity index (χ3v) is 7.38. The van der Waals surface area contributed by atoms with Crippen molar-refractivity contribution >= 4 is 27.2 Å². The Hall–Kier alpha value is -5.23. The molecule has 6 heteroatoms. The molecule has 2 aromatic heterocycles. The molecule has 1 aliphatic heterocycles. The molecule has 5 aromatic carbocycles. The maximum absolute atomic E-state index is 6.51. The molecule has 186 valence electrons. The van der Waals surface area contributed by atoms with E-state index in [1.54, 1.807) is 10.8 Å². The Kier molecular flexibility index (Phi) is 4.85. The summed E-state index contributed by atoms with van der Waals surface area (Å²) < 4.78 is 14.4. The summed E-state index contributed by atoms with van der Waals surface area (Å²) >= 11 is 0. The molecule has 0 radical (unpaired) electrons. The first-order chi connectivity index (χ1) is 19.3. The van der Waals surface area contributed by atoms with E-state index in [9.17, 15) is 0 Å². The first-order valence-electron chi connectivity index (χ1n) is 12.9. The third kappa shape index (κ3) is 3.53. The monoisotopic (exact) mass is 506 g/mol. The number of benzene rings is 5. The minimum Gasteiger partial charge on any atom is -0.485 e. The van der Waals surface area contributed by atoms with Crippen molar-refractivity contribution in [3.8, 4) is 17.4 Å². The van der Waals surface area contributed by atoms with Crippen molar-refractivity contribution < 1.29 is 9.47 Å². The van der Waals surface area contributed by atoms with E-state index in [4.69, 9.17) is 24.5 Å². The Morgan fingerprint density at radius 3 is 2.36 bits per heavy atom. The van der Waals surface area contributed by atoms with Gasteiger partial charge in [0.25, 0.3) is 0 Å². The van der Waals surface area contributed by atoms with Gasteiger partial charge in [-0.3, -0.25) is 0 Å². The average molecular weight is 507 g/mol. The van der Waals surface area contributed by atoms with Crippen molar-refractivity contribution in [2.45, 2.75) is 12.5 Å². The summed E-state index contributed by atoms with van der Waals surface area (Å²) in [6.07, 6.45) is 1.67. The van der Waals surface area contributed by atoms with E-state index in [1.807, 2.05) is 42.5 Å². The molecule has 1 atom stereocenters. The van der Waals surface area contributed by atoms with Gasteiger partial charge in [0.05, 0.1) is 5.56 Å². The Bertz CT molecular complexity index is 2010. The van der Waals surface area contributed by atoms with Crippen molar-refractivity contribution in [3.05, 3.63) is 138 Å². The maximum Gasteiger partial charge on any atom is 0.228 e. The zero-order valence-corrected chi connectivity index (χ0v) is 20.9. The van der Waals surface area contributed by atoms with Crippen LogP contribution in [0.15, 0.2) is 116 Å². The second-order valence-corrected chi connectivity index (χ2v) is 9.68. The Balaban J connectivity index is 1.25. The number of fused-ring (bicyclic) bond motifs is 7. The standard InChI is InChI=1S/C33H22N4O2/c1-2-11-23(12-3-1)29-26-18-17-22-10-5-7-15-25(22)31(26)39-33-30(29)32-35-28(36-37(32)20-34-33)19-38-27-16-8-13-21-9-4-6-14-24(21)27/h1-18,20,29H,19H2/t29-/m0/s1. The molecule has 6 nitrogen and oxygen atoms in total. The predicted molar refractivity (Wildman–Crippen MR) is 150 cm³/mol. The molecule has 0 N–H and O–H groups in total. The normalized spacial score (nSPS) is 14.2. The lowest BCUT2D eigenvalue weighted by molar-refractivity contribution is 0.299. The predicted octanol–water partition coefficient (Wildman–Crippen LogP) is 7.30. The van der Waals surface area contributed by atoms with E-state index in [0.717, 1.165) is 49.7 Å². The number of rotatable bonds is 4. The van der Waals surface area contributed by atoms with Gasteiger partial charge in [0.2, 0.25) is 5.88 Å². The molecule has 0 amide bonds. The van der Waals surface area contributed by atoms with Crippen LogP contribution in [0.1, 0.15) is 28.4 Å². The lowest BCUT2D eigenvalue weighted by atomic mass is 9.83. The molecule has 8 rings (SSSR count). The lowest BCUT2D eigenvalue weighted by Crippen LogP contribution is -2.15. The van der Waals surface area contributed by atoms with Gasteiger partial charge in [0.15, 0.2) is 11.5 Å². The fourth-order valence-corrected chi connectivity index (χ4v) is 5.61. The van der Waals surface area contributed by atoms with Gasteiger partial charge in [-0.15, -0.1) is 5.10 Å². The fourth-order valence-electron chi connectivity index (χ4n) is 5.61. The summed E-state index contributed by atoms with van der Waals surface area (Å²) in [7, 11) is 0. The van der Waals surface area contributed by atoms with Crippen molar-refractivity contribution in [1.82, 2.24) is 19.6 Å². The van der Waals surface area contributed by atoms with Crippen LogP contribution in [0.4, 0.5) is 0 Å². The number of nitrogens with zero attached hydrogens (tertiary/aromatic N) is 4. The number of hydrogen-bond donors (Lipinski definition) is 0. The summed E-state index contributed by atoms with van der Waals surface area (Å²) in [5.74, 6) is 2.66. The highest BCUT2D eigenvalue weighted by Gasteiger charge is 2.34. The van der Waals surface area contributed by atoms with Crippen LogP contribution in [-0.2, 0) is 6.61 Å². The molecule has 0 fully saturated rings. The molecule has 7 aromatic rings. The molecule has 0 saturated carbocycles. The van der Waals surface area contributed by atoms with Crippen LogP contribution in [0.3, 0.4) is 0 Å². The van der Waals surface area contributed by atoms with Crippen molar-refractivity contribution in [2.24, 2.45) is 0 Å². The second kappa shape index (κ2) is 8.67. The average Bonchev–Trinajstić information content (AvgIpc) is 3.43. The SMILES string of the molecule is c1ccc([C@H]2c3ccc4ccccc4c3Oc3ncn4nc(COc5cccc6ccccc56)nc4c32)cc1. The van der Waals surface area contributed by atoms with Gasteiger partial charge < -0.3 is 9.47 Å². The van der Waals surface area contributed by atoms with Gasteiger partial charge >= 0.3 is 0 Å². The molecule has 0 spiro atoms. The first kappa shape index (κ1) is 21.8. The molecule has 39 heavy (non-hydrogen) atoms. The fraction of sp³-hybridized carbons (Fsp3) is 0.0606. The summed E-state index contributed by atoms with van der Waals surface area (Å²) in [4.78, 5) is 9.64. The van der Waals surface area contributed by atoms with E-state index in [2.05, 4.69) is 66.7 Å². The zero-order valence-electron chi connectivity index (χ0n) is 20.9. The third-order valence-electron chi connectivity index (χ3n) is 7.38. The summed E-state index contributed by atoms with van der Waals surface area (Å²) in [5.41, 5.74) is 3.84. The van der Waals surface area contributed by atoms with Crippen molar-refractivity contribution in [3.63, 3.8) is 0 Å². The van der Waals surface area contributed by atoms with Crippen LogP contribution in [0.2, 0.25) is 0 Å². The molecule has 1 aliphatic rings. The van der Waals surface area contributed by atoms with E-state index >= 15 is 0 Å². The quantitative estimate of drug-likeness (QED) is 0.251. The second-order valence-electron chi connectivity index (χ2n) is 9.68. The van der Waals surface area contributed by atoms with E-state index < -0.39 is 0 Å². The van der Waals surface area contributed by atoms with Crippen LogP contribution in [0.25, 0.3) is 27.2 Å². The van der Waals surface area contributed by atoms with Gasteiger partial charge in [0, 0.05) is 22.3 Å². The minimum absolute atomic E-state index is 0.109. The smallest absolute Gasteiger partial charge is 0.228 e. The zero-order chi connectivity index (χ0) is 25.8. The highest BCUT2D eigenvalue weighted by atomic mass is 16.5. The Morgan fingerprint density at radius 1 is 0.744 bits per heavy atom. The molecule has 0 bridgehead atoms. The van der Waals surface area contributed by atoms with Crippen LogP contribution in [-0.4, -0.2) is 19.6 Å². The number of ether oxygens (including phenoxy) is 2. The minimum atomic E-state index is -0.109. The van der Waals surface area contributed by atoms with E-state index in [0.29, 0.717) is 17.4 Å². The molecular weight excluding hydrogens is 484 g/mol. The summed E-state index contributed by atoms with van der Waals surface area (Å²) in [6.45, 7) is 0.239. The van der Waals surface area contributed by atoms with Crippen LogP contribution in [0, 0.1) is 0 Å². The van der Waals surface area contributed by atoms with Crippen molar-refractivity contribution in [2.75, 3.05) is 0 Å². The number of aromatic nitrogens is 4. The molecule has 0 unspecified atom stereocenters. The lowest BCUT2D eigenvalue weighted by Gasteiger charge is -2.28. The molecule has 0 aliphatic carbocycles. The van der Waals surface area contributed by atoms with Gasteiger partial charge in [-0.05, 0) is 22.4 Å². The molecular formula is C33H22N4O2. The molecule has 0 saturated heterocycles. The maximum atomic E-state index is 6.51. The van der Waals surface area contributed by atoms with Crippen LogP contribution in [0.5, 0.6) is 17.4 Å². The highest BCUT2D eigenvalue weighted by molar-refractivity contribution is 5.91. The molecule has 3 heterocycles. The topological polar surface area (TPSA) is 61.5 Å². The van der Waals surface area contributed by atoms with Gasteiger partial charge in [-0.25, -0.2) is 14.5 Å². The number of hydrogen-bond acceptors (Lipinski definition) is 5. The van der Waals surface area contributed by atoms with Crippen LogP contribution >= 0.6 is 0 Å². The largest absolute Gasteiger partial charge is 0.485 e. The Morgan fingerprint density at radius 2 is 1.49 bits per heavy atom. The summed E-state index contributed by atoms with van der Waals surface area (Å²) in [6, 6.07) is 37.3. The van der Waals surface area contributed by atoms with Gasteiger partial charge in [-0.1, -0.05) is 103 Å². The van der Waals surface area contributed by atoms with Gasteiger partial charge in [-0.2, -0.15) is 0 Å².